The highest BCUT2D eigenvalue weighted by molar-refractivity contribution is 6.02. The third-order valence-electron chi connectivity index (χ3n) is 5.92. The van der Waals surface area contributed by atoms with E-state index in [9.17, 15) is 10.1 Å². The molecular formula is C26H29N2O2+. The summed E-state index contributed by atoms with van der Waals surface area (Å²) < 4.78 is 2.19. The molecule has 4 heteroatoms. The van der Waals surface area contributed by atoms with Crippen molar-refractivity contribution < 1.29 is 9.50 Å². The summed E-state index contributed by atoms with van der Waals surface area (Å²) in [5.74, 6) is 0. The van der Waals surface area contributed by atoms with Crippen molar-refractivity contribution in [2.45, 2.75) is 58.9 Å². The van der Waals surface area contributed by atoms with Crippen molar-refractivity contribution in [1.82, 2.24) is 0 Å². The zero-order valence-electron chi connectivity index (χ0n) is 18.6. The maximum atomic E-state index is 11.0. The van der Waals surface area contributed by atoms with Gasteiger partial charge in [-0.3, -0.25) is 10.1 Å². The van der Waals surface area contributed by atoms with Crippen molar-refractivity contribution >= 4 is 28.4 Å². The lowest BCUT2D eigenvalue weighted by atomic mass is 9.80. The highest BCUT2D eigenvalue weighted by Crippen LogP contribution is 2.37. The number of rotatable bonds is 2. The predicted molar refractivity (Wildman–Crippen MR) is 123 cm³/mol. The second-order valence-corrected chi connectivity index (χ2v) is 10.3. The van der Waals surface area contributed by atoms with Gasteiger partial charge in [-0.15, -0.1) is 0 Å². The molecule has 0 aromatic heterocycles. The molecule has 0 saturated carbocycles. The molecule has 0 amide bonds. The quantitative estimate of drug-likeness (QED) is 0.275. The third kappa shape index (κ3) is 3.62. The number of benzene rings is 3. The van der Waals surface area contributed by atoms with Crippen LogP contribution in [0.4, 0.5) is 11.4 Å². The summed E-state index contributed by atoms with van der Waals surface area (Å²) in [4.78, 5) is 10.7. The molecule has 1 heterocycles. The van der Waals surface area contributed by atoms with Crippen molar-refractivity contribution in [3.63, 3.8) is 0 Å². The fraction of sp³-hybridized carbons (Fsp3) is 0.346. The van der Waals surface area contributed by atoms with E-state index in [-0.39, 0.29) is 21.4 Å². The van der Waals surface area contributed by atoms with Crippen LogP contribution in [0.1, 0.15) is 63.8 Å². The Morgan fingerprint density at radius 2 is 1.43 bits per heavy atom. The van der Waals surface area contributed by atoms with Gasteiger partial charge in [-0.1, -0.05) is 53.7 Å². The van der Waals surface area contributed by atoms with Crippen molar-refractivity contribution in [2.75, 3.05) is 0 Å². The Hall–Kier alpha value is -3.01. The standard InChI is InChI=1S/C26H29N2O2/c1-25(2,3)20-11-17-12-21(26(4,5)6)14-19-16-27(15-18(13-20)24(17)19)22-7-9-23(10-8-22)28(29)30/h7-15H,16H2,1-6H3/q+1. The Morgan fingerprint density at radius 3 is 1.97 bits per heavy atom. The molecule has 0 bridgehead atoms. The van der Waals surface area contributed by atoms with Crippen molar-refractivity contribution in [1.29, 1.82) is 0 Å². The van der Waals surface area contributed by atoms with E-state index >= 15 is 0 Å². The number of nitro benzene ring substituents is 1. The minimum Gasteiger partial charge on any atom is -0.258 e. The first-order chi connectivity index (χ1) is 13.9. The fourth-order valence-corrected chi connectivity index (χ4v) is 4.06. The van der Waals surface area contributed by atoms with E-state index in [1.54, 1.807) is 12.1 Å². The molecule has 154 valence electrons. The predicted octanol–water partition coefficient (Wildman–Crippen LogP) is 6.62. The van der Waals surface area contributed by atoms with Gasteiger partial charge in [-0.2, -0.15) is 4.58 Å². The van der Waals surface area contributed by atoms with Gasteiger partial charge in [0.1, 0.15) is 0 Å². The first-order valence-corrected chi connectivity index (χ1v) is 10.4. The normalized spacial score (nSPS) is 14.0. The highest BCUT2D eigenvalue weighted by atomic mass is 16.6. The van der Waals surface area contributed by atoms with Gasteiger partial charge in [0.05, 0.1) is 4.92 Å². The molecule has 0 N–H and O–H groups in total. The fourth-order valence-electron chi connectivity index (χ4n) is 4.06. The molecule has 0 radical (unpaired) electrons. The van der Waals surface area contributed by atoms with E-state index in [0.717, 1.165) is 12.2 Å². The molecule has 3 aromatic carbocycles. The van der Waals surface area contributed by atoms with Gasteiger partial charge in [0.2, 0.25) is 5.69 Å². The number of non-ortho nitro benzene ring substituents is 1. The summed E-state index contributed by atoms with van der Waals surface area (Å²) in [6.45, 7) is 14.2. The molecule has 0 aliphatic carbocycles. The van der Waals surface area contributed by atoms with Gasteiger partial charge >= 0.3 is 0 Å². The molecule has 0 saturated heterocycles. The van der Waals surface area contributed by atoms with E-state index < -0.39 is 0 Å². The van der Waals surface area contributed by atoms with E-state index in [0.29, 0.717) is 0 Å². The molecule has 0 fully saturated rings. The minimum atomic E-state index is -0.356. The van der Waals surface area contributed by atoms with Gasteiger partial charge in [-0.05, 0) is 39.5 Å². The van der Waals surface area contributed by atoms with Crippen molar-refractivity contribution in [3.8, 4) is 0 Å². The highest BCUT2D eigenvalue weighted by Gasteiger charge is 2.26. The average Bonchev–Trinajstić information content (AvgIpc) is 2.66. The van der Waals surface area contributed by atoms with Crippen LogP contribution in [0, 0.1) is 10.1 Å². The van der Waals surface area contributed by atoms with Gasteiger partial charge in [0.25, 0.3) is 5.69 Å². The molecule has 0 atom stereocenters. The summed E-state index contributed by atoms with van der Waals surface area (Å²) >= 11 is 0. The molecule has 30 heavy (non-hydrogen) atoms. The first kappa shape index (κ1) is 20.3. The molecule has 4 rings (SSSR count). The number of hydrogen-bond donors (Lipinski definition) is 0. The summed E-state index contributed by atoms with van der Waals surface area (Å²) in [7, 11) is 0. The zero-order valence-corrected chi connectivity index (χ0v) is 18.6. The lowest BCUT2D eigenvalue weighted by Crippen LogP contribution is -2.19. The van der Waals surface area contributed by atoms with Gasteiger partial charge in [0.15, 0.2) is 12.8 Å². The van der Waals surface area contributed by atoms with Crippen LogP contribution in [0.5, 0.6) is 0 Å². The SMILES string of the molecule is CC(C)(C)c1cc2c3c(cc(C(C)(C)C)cc3c1)C[N+](c1ccc([N+](=O)[O-])cc1)=C2. The Kier molecular flexibility index (Phi) is 4.57. The second-order valence-electron chi connectivity index (χ2n) is 10.3. The zero-order chi connectivity index (χ0) is 21.8. The van der Waals surface area contributed by atoms with Gasteiger partial charge in [0, 0.05) is 40.8 Å². The third-order valence-corrected chi connectivity index (χ3v) is 5.92. The van der Waals surface area contributed by atoms with Crippen LogP contribution in [0.2, 0.25) is 0 Å². The number of nitrogens with zero attached hydrogens (tertiary/aromatic N) is 2. The van der Waals surface area contributed by atoms with E-state index in [2.05, 4.69) is 76.6 Å². The second kappa shape index (κ2) is 6.76. The Morgan fingerprint density at radius 1 is 0.867 bits per heavy atom. The van der Waals surface area contributed by atoms with E-state index in [1.165, 1.54) is 33.0 Å². The molecule has 0 unspecified atom stereocenters. The topological polar surface area (TPSA) is 46.1 Å². The van der Waals surface area contributed by atoms with E-state index in [4.69, 9.17) is 0 Å². The Bertz CT molecular complexity index is 1190. The summed E-state index contributed by atoms with van der Waals surface area (Å²) in [5, 5.41) is 13.6. The lowest BCUT2D eigenvalue weighted by molar-refractivity contribution is -0.453. The van der Waals surface area contributed by atoms with Gasteiger partial charge in [-0.25, -0.2) is 0 Å². The van der Waals surface area contributed by atoms with Crippen LogP contribution in [0.15, 0.2) is 48.5 Å². The summed E-state index contributed by atoms with van der Waals surface area (Å²) in [6.07, 6.45) is 2.18. The van der Waals surface area contributed by atoms with Crippen LogP contribution in [0.3, 0.4) is 0 Å². The molecule has 4 nitrogen and oxygen atoms in total. The Labute approximate surface area is 178 Å². The largest absolute Gasteiger partial charge is 0.269 e. The Balaban J connectivity index is 1.94. The van der Waals surface area contributed by atoms with Crippen LogP contribution < -0.4 is 0 Å². The molecule has 0 spiro atoms. The van der Waals surface area contributed by atoms with Crippen LogP contribution >= 0.6 is 0 Å². The molecule has 3 aromatic rings. The molecular weight excluding hydrogens is 372 g/mol. The molecule has 1 aliphatic heterocycles. The maximum absolute atomic E-state index is 11.0. The van der Waals surface area contributed by atoms with Gasteiger partial charge < -0.3 is 0 Å². The monoisotopic (exact) mass is 401 g/mol. The number of nitro groups is 1. The minimum absolute atomic E-state index is 0.0477. The average molecular weight is 402 g/mol. The maximum Gasteiger partial charge on any atom is 0.269 e. The van der Waals surface area contributed by atoms with Crippen LogP contribution in [0.25, 0.3) is 10.8 Å². The number of hydrogen-bond acceptors (Lipinski definition) is 2. The van der Waals surface area contributed by atoms with Crippen LogP contribution in [-0.4, -0.2) is 15.7 Å². The summed E-state index contributed by atoms with van der Waals surface area (Å²) in [6, 6.07) is 16.1. The van der Waals surface area contributed by atoms with Crippen molar-refractivity contribution in [3.05, 3.63) is 80.9 Å². The summed E-state index contributed by atoms with van der Waals surface area (Å²) in [5.41, 5.74) is 6.32. The van der Waals surface area contributed by atoms with E-state index in [1.807, 2.05) is 12.1 Å². The first-order valence-electron chi connectivity index (χ1n) is 10.4. The lowest BCUT2D eigenvalue weighted by Gasteiger charge is -2.25. The van der Waals surface area contributed by atoms with Crippen molar-refractivity contribution in [2.24, 2.45) is 0 Å². The van der Waals surface area contributed by atoms with Crippen LogP contribution in [-0.2, 0) is 17.4 Å². The smallest absolute Gasteiger partial charge is 0.258 e. The molecule has 1 aliphatic rings.